The molecule has 8 nitrogen and oxygen atoms in total. The van der Waals surface area contributed by atoms with Crippen molar-refractivity contribution in [3.63, 3.8) is 0 Å². The summed E-state index contributed by atoms with van der Waals surface area (Å²) in [6.07, 6.45) is -0.797. The summed E-state index contributed by atoms with van der Waals surface area (Å²) < 4.78 is 40.8. The number of anilines is 3. The minimum absolute atomic E-state index is 0.0231. The van der Waals surface area contributed by atoms with Crippen molar-refractivity contribution in [2.45, 2.75) is 57.5 Å². The molecule has 11 heteroatoms. The van der Waals surface area contributed by atoms with Crippen molar-refractivity contribution in [3.05, 3.63) is 70.8 Å². The van der Waals surface area contributed by atoms with Crippen LogP contribution in [-0.2, 0) is 19.0 Å². The number of pyridine rings is 1. The van der Waals surface area contributed by atoms with E-state index in [2.05, 4.69) is 40.3 Å². The zero-order chi connectivity index (χ0) is 27.4. The summed E-state index contributed by atoms with van der Waals surface area (Å²) >= 11 is 0. The van der Waals surface area contributed by atoms with Gasteiger partial charge in [-0.3, -0.25) is 0 Å². The molecule has 1 saturated carbocycles. The summed E-state index contributed by atoms with van der Waals surface area (Å²) in [6.45, 7) is 4.91. The molecule has 0 radical (unpaired) electrons. The van der Waals surface area contributed by atoms with Crippen LogP contribution < -0.4 is 16.0 Å². The van der Waals surface area contributed by atoms with E-state index in [-0.39, 0.29) is 11.7 Å². The van der Waals surface area contributed by atoms with Crippen LogP contribution in [0, 0.1) is 0 Å². The van der Waals surface area contributed by atoms with Crippen LogP contribution in [0.1, 0.15) is 66.7 Å². The molecule has 2 aliphatic rings. The average molecular weight is 529 g/mol. The Labute approximate surface area is 219 Å². The van der Waals surface area contributed by atoms with Crippen molar-refractivity contribution in [2.75, 3.05) is 23.3 Å². The Bertz CT molecular complexity index is 1270. The smallest absolute Gasteiger partial charge is 0.419 e. The summed E-state index contributed by atoms with van der Waals surface area (Å²) in [7, 11) is 0. The first-order valence-electron chi connectivity index (χ1n) is 12.5. The molecule has 0 bridgehead atoms. The number of alkyl halides is 3. The Morgan fingerprint density at radius 3 is 2.37 bits per heavy atom. The molecular weight excluding hydrogens is 497 g/mol. The number of fused-ring (bicyclic) bond motifs is 1. The maximum atomic E-state index is 13.6. The second kappa shape index (κ2) is 11.2. The lowest BCUT2D eigenvalue weighted by Crippen LogP contribution is -2.29. The molecular formula is C27H31F3N6O2. The summed E-state index contributed by atoms with van der Waals surface area (Å²) in [4.78, 5) is 24.2. The molecule has 202 valence electrons. The molecule has 1 amide bonds. The standard InChI is InChI=1S/C26H28F3N5.CH3NO2/c1-16(2)23-32-22-12-15-34(25-21(26(27,28)29)4-3-13-30-25)14-11-20(22)24(33-23)31-19-9-7-18(8-10-19)17-5-6-17;2-1(3)4/h3-4,7-10,13,16-17H,5-6,11-12,14-15H2,1-2H3,(H,31,32,33);2H2,(H,3,4). The number of carbonyl (C=O) groups is 1. The third-order valence-corrected chi connectivity index (χ3v) is 6.49. The monoisotopic (exact) mass is 528 g/mol. The summed E-state index contributed by atoms with van der Waals surface area (Å²) in [5.41, 5.74) is 7.49. The summed E-state index contributed by atoms with van der Waals surface area (Å²) in [5, 5.41) is 10.7. The normalized spacial score (nSPS) is 15.3. The number of nitrogens with zero attached hydrogens (tertiary/aromatic N) is 4. The number of halogens is 3. The van der Waals surface area contributed by atoms with Gasteiger partial charge in [-0.25, -0.2) is 19.7 Å². The van der Waals surface area contributed by atoms with Crippen LogP contribution in [0.5, 0.6) is 0 Å². The van der Waals surface area contributed by atoms with Crippen LogP contribution in [0.4, 0.5) is 35.3 Å². The van der Waals surface area contributed by atoms with E-state index in [1.165, 1.54) is 30.7 Å². The second-order valence-electron chi connectivity index (χ2n) is 9.73. The number of primary amides is 1. The van der Waals surface area contributed by atoms with Gasteiger partial charge in [-0.1, -0.05) is 26.0 Å². The molecule has 1 aliphatic carbocycles. The van der Waals surface area contributed by atoms with E-state index in [1.54, 1.807) is 4.90 Å². The fraction of sp³-hybridized carbons (Fsp3) is 0.407. The van der Waals surface area contributed by atoms with Crippen molar-refractivity contribution >= 4 is 23.4 Å². The van der Waals surface area contributed by atoms with Gasteiger partial charge in [-0.15, -0.1) is 0 Å². The van der Waals surface area contributed by atoms with Crippen molar-refractivity contribution < 1.29 is 23.1 Å². The highest BCUT2D eigenvalue weighted by atomic mass is 19.4. The van der Waals surface area contributed by atoms with Gasteiger partial charge in [0.2, 0.25) is 0 Å². The van der Waals surface area contributed by atoms with Crippen molar-refractivity contribution in [1.82, 2.24) is 15.0 Å². The summed E-state index contributed by atoms with van der Waals surface area (Å²) in [5.74, 6) is 2.28. The SMILES string of the molecule is CC(C)c1nc2c(c(Nc3ccc(C4CC4)cc3)n1)CCN(c1ncccc1C(F)(F)F)CC2.NC(=O)O. The molecule has 5 rings (SSSR count). The highest BCUT2D eigenvalue weighted by Gasteiger charge is 2.36. The Balaban J connectivity index is 0.000000786. The minimum atomic E-state index is -4.45. The first kappa shape index (κ1) is 27.2. The molecule has 0 atom stereocenters. The van der Waals surface area contributed by atoms with Gasteiger partial charge >= 0.3 is 12.3 Å². The van der Waals surface area contributed by atoms with E-state index in [1.807, 2.05) is 13.8 Å². The van der Waals surface area contributed by atoms with E-state index < -0.39 is 17.8 Å². The quantitative estimate of drug-likeness (QED) is 0.380. The van der Waals surface area contributed by atoms with Gasteiger partial charge in [0.15, 0.2) is 0 Å². The van der Waals surface area contributed by atoms with E-state index in [0.29, 0.717) is 31.8 Å². The van der Waals surface area contributed by atoms with Crippen molar-refractivity contribution in [2.24, 2.45) is 5.73 Å². The lowest BCUT2D eigenvalue weighted by Gasteiger charge is -2.24. The molecule has 0 spiro atoms. The fourth-order valence-corrected chi connectivity index (χ4v) is 4.45. The molecule has 3 heterocycles. The van der Waals surface area contributed by atoms with Gasteiger partial charge in [0, 0.05) is 42.9 Å². The average Bonchev–Trinajstić information content (AvgIpc) is 3.71. The third kappa shape index (κ3) is 6.70. The van der Waals surface area contributed by atoms with Crippen LogP contribution in [0.3, 0.4) is 0 Å². The van der Waals surface area contributed by atoms with E-state index >= 15 is 0 Å². The van der Waals surface area contributed by atoms with Crippen LogP contribution in [0.15, 0.2) is 42.6 Å². The Morgan fingerprint density at radius 2 is 1.76 bits per heavy atom. The number of aromatic nitrogens is 3. The highest BCUT2D eigenvalue weighted by molar-refractivity contribution is 5.62. The van der Waals surface area contributed by atoms with Crippen molar-refractivity contribution in [3.8, 4) is 0 Å². The number of hydrogen-bond acceptors (Lipinski definition) is 6. The van der Waals surface area contributed by atoms with Crippen molar-refractivity contribution in [1.29, 1.82) is 0 Å². The molecule has 4 N–H and O–H groups in total. The predicted molar refractivity (Wildman–Crippen MR) is 139 cm³/mol. The van der Waals surface area contributed by atoms with Crippen LogP contribution in [0.25, 0.3) is 0 Å². The van der Waals surface area contributed by atoms with Gasteiger partial charge in [0.1, 0.15) is 17.5 Å². The molecule has 1 aromatic carbocycles. The van der Waals surface area contributed by atoms with Gasteiger partial charge in [-0.05, 0) is 55.0 Å². The predicted octanol–water partition coefficient (Wildman–Crippen LogP) is 5.86. The Hall–Kier alpha value is -3.89. The zero-order valence-electron chi connectivity index (χ0n) is 21.3. The maximum Gasteiger partial charge on any atom is 0.419 e. The number of benzene rings is 1. The summed E-state index contributed by atoms with van der Waals surface area (Å²) in [6, 6.07) is 10.9. The molecule has 1 fully saturated rings. The van der Waals surface area contributed by atoms with Gasteiger partial charge < -0.3 is 21.1 Å². The van der Waals surface area contributed by atoms with E-state index in [9.17, 15) is 13.2 Å². The van der Waals surface area contributed by atoms with Crippen LogP contribution in [-0.4, -0.2) is 39.2 Å². The fourth-order valence-electron chi connectivity index (χ4n) is 4.45. The number of nitrogens with two attached hydrogens (primary N) is 1. The van der Waals surface area contributed by atoms with Gasteiger partial charge in [0.25, 0.3) is 0 Å². The highest BCUT2D eigenvalue weighted by Crippen LogP contribution is 2.40. The molecule has 0 unspecified atom stereocenters. The molecule has 0 saturated heterocycles. The minimum Gasteiger partial charge on any atom is -0.465 e. The third-order valence-electron chi connectivity index (χ3n) is 6.49. The first-order chi connectivity index (χ1) is 18.0. The maximum absolute atomic E-state index is 13.6. The molecule has 3 aromatic rings. The zero-order valence-corrected chi connectivity index (χ0v) is 21.3. The number of carboxylic acid groups (broad SMARTS) is 1. The first-order valence-corrected chi connectivity index (χ1v) is 12.5. The molecule has 2 aromatic heterocycles. The molecule has 1 aliphatic heterocycles. The lowest BCUT2D eigenvalue weighted by molar-refractivity contribution is -0.137. The molecule has 38 heavy (non-hydrogen) atoms. The second-order valence-corrected chi connectivity index (χ2v) is 9.73. The number of amides is 1. The van der Waals surface area contributed by atoms with E-state index in [0.717, 1.165) is 34.7 Å². The largest absolute Gasteiger partial charge is 0.465 e. The Kier molecular flexibility index (Phi) is 8.03. The lowest BCUT2D eigenvalue weighted by atomic mass is 10.1. The Morgan fingerprint density at radius 1 is 1.11 bits per heavy atom. The van der Waals surface area contributed by atoms with E-state index in [4.69, 9.17) is 19.9 Å². The van der Waals surface area contributed by atoms with Gasteiger partial charge in [0.05, 0.1) is 11.3 Å². The number of nitrogens with one attached hydrogen (secondary N) is 1. The number of hydrogen-bond donors (Lipinski definition) is 3. The number of rotatable bonds is 5. The van der Waals surface area contributed by atoms with Crippen LogP contribution in [0.2, 0.25) is 0 Å². The van der Waals surface area contributed by atoms with Gasteiger partial charge in [-0.2, -0.15) is 13.2 Å². The van der Waals surface area contributed by atoms with Crippen LogP contribution >= 0.6 is 0 Å². The topological polar surface area (TPSA) is 117 Å².